The monoisotopic (exact) mass is 543 g/mol. The smallest absolute Gasteiger partial charge is 0.463 e. The molecule has 3 aromatic carbocycles. The molecule has 0 spiro atoms. The summed E-state index contributed by atoms with van der Waals surface area (Å²) < 4.78 is 38.2. The minimum absolute atomic E-state index is 0.00801. The zero-order valence-corrected chi connectivity index (χ0v) is 24.2. The third-order valence-electron chi connectivity index (χ3n) is 6.57. The predicted octanol–water partition coefficient (Wildman–Crippen LogP) is 7.41. The van der Waals surface area contributed by atoms with Crippen molar-refractivity contribution < 1.29 is 27.7 Å². The molecule has 0 radical (unpaired) electrons. The second-order valence-electron chi connectivity index (χ2n) is 10.2. The quantitative estimate of drug-likeness (QED) is 0.114. The minimum Gasteiger partial charge on any atom is -0.497 e. The molecule has 10 heteroatoms. The number of nitro groups is 1. The summed E-state index contributed by atoms with van der Waals surface area (Å²) in [5.41, 5.74) is 0.858. The molecule has 0 N–H and O–H groups in total. The zero-order valence-electron chi connectivity index (χ0n) is 22.3. The molecule has 0 heterocycles. The van der Waals surface area contributed by atoms with Gasteiger partial charge in [0.15, 0.2) is 8.32 Å². The van der Waals surface area contributed by atoms with Gasteiger partial charge in [0.25, 0.3) is 0 Å². The minimum atomic E-state index is -4.17. The lowest BCUT2D eigenvalue weighted by Crippen LogP contribution is -2.40. The molecule has 3 aromatic rings. The van der Waals surface area contributed by atoms with E-state index in [2.05, 4.69) is 33.9 Å². The lowest BCUT2D eigenvalue weighted by molar-refractivity contribution is -0.385. The summed E-state index contributed by atoms with van der Waals surface area (Å²) in [6.07, 6.45) is 0. The van der Waals surface area contributed by atoms with E-state index in [0.29, 0.717) is 22.6 Å². The van der Waals surface area contributed by atoms with Crippen LogP contribution in [0.5, 0.6) is 17.2 Å². The number of hydrogen-bond acceptors (Lipinski definition) is 7. The fourth-order valence-corrected chi connectivity index (χ4v) is 5.85. The summed E-state index contributed by atoms with van der Waals surface area (Å²) in [4.78, 5) is 11.2. The highest BCUT2D eigenvalue weighted by atomic mass is 31.2. The van der Waals surface area contributed by atoms with Crippen molar-refractivity contribution in [2.75, 3.05) is 7.11 Å². The summed E-state index contributed by atoms with van der Waals surface area (Å²) >= 11 is 0. The fraction of sp³-hybridized carbons (Fsp3) is 0.333. The Labute approximate surface area is 219 Å². The van der Waals surface area contributed by atoms with E-state index in [4.69, 9.17) is 18.2 Å². The SMILES string of the molecule is COc1ccc([P@@](=O)(Oc2ccccc2CO[Si](C)(C)C(C)(C)C)Oc2c(C)cccc2[N+](=O)[O-])cc1. The van der Waals surface area contributed by atoms with Gasteiger partial charge in [-0.15, -0.1) is 0 Å². The average molecular weight is 544 g/mol. The van der Waals surface area contributed by atoms with E-state index in [9.17, 15) is 14.7 Å². The molecular weight excluding hydrogens is 509 g/mol. The molecule has 198 valence electrons. The van der Waals surface area contributed by atoms with Crippen LogP contribution >= 0.6 is 7.60 Å². The molecule has 0 aromatic heterocycles. The summed E-state index contributed by atoms with van der Waals surface area (Å²) in [6, 6.07) is 18.1. The van der Waals surface area contributed by atoms with E-state index >= 15 is 0 Å². The lowest BCUT2D eigenvalue weighted by atomic mass is 10.2. The molecule has 0 fully saturated rings. The van der Waals surface area contributed by atoms with Crippen LogP contribution in [0.4, 0.5) is 5.69 Å². The number of para-hydroxylation sites is 2. The van der Waals surface area contributed by atoms with Crippen molar-refractivity contribution in [2.45, 2.75) is 52.4 Å². The first-order valence-corrected chi connectivity index (χ1v) is 16.3. The predicted molar refractivity (Wildman–Crippen MR) is 148 cm³/mol. The van der Waals surface area contributed by atoms with E-state index in [0.717, 1.165) is 0 Å². The van der Waals surface area contributed by atoms with Gasteiger partial charge in [-0.1, -0.05) is 51.1 Å². The molecule has 0 amide bonds. The Hall–Kier alpha value is -3.13. The first-order valence-electron chi connectivity index (χ1n) is 11.9. The largest absolute Gasteiger partial charge is 0.497 e. The van der Waals surface area contributed by atoms with Crippen LogP contribution in [-0.4, -0.2) is 20.4 Å². The van der Waals surface area contributed by atoms with Crippen molar-refractivity contribution in [1.29, 1.82) is 0 Å². The van der Waals surface area contributed by atoms with Gasteiger partial charge in [-0.3, -0.25) is 10.1 Å². The van der Waals surface area contributed by atoms with Crippen LogP contribution in [0.25, 0.3) is 0 Å². The Balaban J connectivity index is 2.06. The first-order chi connectivity index (χ1) is 17.3. The number of benzene rings is 3. The highest BCUT2D eigenvalue weighted by Gasteiger charge is 2.38. The van der Waals surface area contributed by atoms with Crippen LogP contribution in [0.2, 0.25) is 18.1 Å². The Morgan fingerprint density at radius 1 is 0.946 bits per heavy atom. The molecule has 0 aliphatic heterocycles. The van der Waals surface area contributed by atoms with Crippen LogP contribution in [0.15, 0.2) is 66.7 Å². The van der Waals surface area contributed by atoms with E-state index in [-0.39, 0.29) is 28.4 Å². The molecule has 0 unspecified atom stereocenters. The highest BCUT2D eigenvalue weighted by molar-refractivity contribution is 7.63. The van der Waals surface area contributed by atoms with Gasteiger partial charge in [0, 0.05) is 11.6 Å². The van der Waals surface area contributed by atoms with Gasteiger partial charge in [-0.05, 0) is 61.0 Å². The molecule has 1 atom stereocenters. The summed E-state index contributed by atoms with van der Waals surface area (Å²) in [5, 5.41) is 12.0. The molecule has 0 aliphatic carbocycles. The maximum atomic E-state index is 14.5. The topological polar surface area (TPSA) is 97.1 Å². The molecule has 3 rings (SSSR count). The van der Waals surface area contributed by atoms with Crippen molar-refractivity contribution in [3.63, 3.8) is 0 Å². The van der Waals surface area contributed by atoms with Crippen molar-refractivity contribution in [3.05, 3.63) is 88.0 Å². The third-order valence-corrected chi connectivity index (χ3v) is 12.8. The molecule has 0 aliphatic rings. The number of hydrogen-bond donors (Lipinski definition) is 0. The van der Waals surface area contributed by atoms with E-state index in [1.807, 2.05) is 12.1 Å². The summed E-state index contributed by atoms with van der Waals surface area (Å²) in [7, 11) is -4.72. The summed E-state index contributed by atoms with van der Waals surface area (Å²) in [6.45, 7) is 12.7. The van der Waals surface area contributed by atoms with Crippen molar-refractivity contribution in [2.24, 2.45) is 0 Å². The number of methoxy groups -OCH3 is 1. The molecular formula is C27H34NO7PSi. The lowest BCUT2D eigenvalue weighted by Gasteiger charge is -2.36. The maximum Gasteiger partial charge on any atom is 0.463 e. The van der Waals surface area contributed by atoms with E-state index in [1.54, 1.807) is 55.5 Å². The third kappa shape index (κ3) is 6.60. The molecule has 0 bridgehead atoms. The van der Waals surface area contributed by atoms with Gasteiger partial charge < -0.3 is 18.2 Å². The summed E-state index contributed by atoms with van der Waals surface area (Å²) in [5.74, 6) is 0.763. The maximum absolute atomic E-state index is 14.5. The van der Waals surface area contributed by atoms with Gasteiger partial charge in [-0.25, -0.2) is 4.57 Å². The zero-order chi connectivity index (χ0) is 27.4. The van der Waals surface area contributed by atoms with Crippen LogP contribution in [-0.2, 0) is 15.6 Å². The second kappa shape index (κ2) is 11.1. The molecule has 0 saturated carbocycles. The van der Waals surface area contributed by atoms with Crippen LogP contribution < -0.4 is 19.1 Å². The van der Waals surface area contributed by atoms with Gasteiger partial charge in [0.1, 0.15) is 11.5 Å². The standard InChI is InChI=1S/C27H34NO7PSi/c1-20-11-10-13-24(28(29)30)26(20)35-36(31,23-17-15-22(32-5)16-18-23)34-25-14-9-8-12-21(25)19-33-37(6,7)27(2,3)4/h8-18H,19H2,1-7H3/t36-/m1/s1. The normalized spacial score (nSPS) is 13.5. The number of nitrogens with zero attached hydrogens (tertiary/aromatic N) is 1. The molecule has 0 saturated heterocycles. The Morgan fingerprint density at radius 2 is 1.59 bits per heavy atom. The Kier molecular flexibility index (Phi) is 8.52. The Bertz CT molecular complexity index is 1300. The molecule has 8 nitrogen and oxygen atoms in total. The second-order valence-corrected chi connectivity index (χ2v) is 16.9. The first kappa shape index (κ1) is 28.4. The van der Waals surface area contributed by atoms with Gasteiger partial charge in [0.2, 0.25) is 5.75 Å². The van der Waals surface area contributed by atoms with Crippen molar-refractivity contribution in [1.82, 2.24) is 0 Å². The number of aryl methyl sites for hydroxylation is 1. The van der Waals surface area contributed by atoms with E-state index < -0.39 is 20.8 Å². The van der Waals surface area contributed by atoms with Crippen molar-refractivity contribution in [3.8, 4) is 17.2 Å². The Morgan fingerprint density at radius 3 is 2.19 bits per heavy atom. The number of ether oxygens (including phenoxy) is 1. The van der Waals surface area contributed by atoms with Gasteiger partial charge in [0.05, 0.1) is 23.9 Å². The average Bonchev–Trinajstić information content (AvgIpc) is 2.84. The number of nitro benzene ring substituents is 1. The highest BCUT2D eigenvalue weighted by Crippen LogP contribution is 2.51. The molecule has 37 heavy (non-hydrogen) atoms. The van der Waals surface area contributed by atoms with Gasteiger partial charge >= 0.3 is 13.3 Å². The number of rotatable bonds is 10. The van der Waals surface area contributed by atoms with E-state index in [1.165, 1.54) is 13.2 Å². The van der Waals surface area contributed by atoms with Gasteiger partial charge in [-0.2, -0.15) is 0 Å². The van der Waals surface area contributed by atoms with Crippen molar-refractivity contribution >= 4 is 26.9 Å². The fourth-order valence-electron chi connectivity index (χ4n) is 3.22. The van der Waals surface area contributed by atoms with Crippen LogP contribution in [0.3, 0.4) is 0 Å². The van der Waals surface area contributed by atoms with Crippen LogP contribution in [0, 0.1) is 17.0 Å². The van der Waals surface area contributed by atoms with Crippen LogP contribution in [0.1, 0.15) is 31.9 Å².